The first-order chi connectivity index (χ1) is 6.20. The van der Waals surface area contributed by atoms with Gasteiger partial charge in [-0.3, -0.25) is 0 Å². The van der Waals surface area contributed by atoms with Gasteiger partial charge in [0.05, 0.1) is 0 Å². The van der Waals surface area contributed by atoms with Gasteiger partial charge in [-0.2, -0.15) is 5.26 Å². The molecule has 1 aromatic carbocycles. The minimum absolute atomic E-state index is 0.292. The molecule has 0 bridgehead atoms. The van der Waals surface area contributed by atoms with E-state index in [4.69, 9.17) is 5.26 Å². The Morgan fingerprint density at radius 3 is 2.54 bits per heavy atom. The van der Waals surface area contributed by atoms with Gasteiger partial charge in [0.25, 0.3) is 0 Å². The Morgan fingerprint density at radius 1 is 1.15 bits per heavy atom. The number of halogens is 2. The van der Waals surface area contributed by atoms with E-state index in [1.54, 1.807) is 0 Å². The molecule has 0 saturated heterocycles. The minimum Gasteiger partial charge on any atom is -0.346 e. The van der Waals surface area contributed by atoms with Gasteiger partial charge in [0.1, 0.15) is 11.8 Å². The Bertz CT molecular complexity index is 469. The molecular weight excluding hydrogens is 174 g/mol. The number of benzene rings is 1. The number of nitrogens with one attached hydrogen (secondary N) is 1. The summed E-state index contributed by atoms with van der Waals surface area (Å²) in [6.07, 6.45) is 0. The van der Waals surface area contributed by atoms with Crippen LogP contribution in [-0.4, -0.2) is 4.98 Å². The van der Waals surface area contributed by atoms with Crippen LogP contribution >= 0.6 is 0 Å². The topological polar surface area (TPSA) is 39.6 Å². The van der Waals surface area contributed by atoms with Crippen molar-refractivity contribution in [2.24, 2.45) is 0 Å². The van der Waals surface area contributed by atoms with E-state index < -0.39 is 11.6 Å². The Balaban J connectivity index is 2.79. The van der Waals surface area contributed by atoms with E-state index in [-0.39, 0.29) is 0 Å². The van der Waals surface area contributed by atoms with E-state index in [1.807, 2.05) is 6.07 Å². The Hall–Kier alpha value is -1.89. The number of hydrogen-bond acceptors (Lipinski definition) is 1. The van der Waals surface area contributed by atoms with Crippen molar-refractivity contribution >= 4 is 10.9 Å². The van der Waals surface area contributed by atoms with Gasteiger partial charge in [0, 0.05) is 17.0 Å². The van der Waals surface area contributed by atoms with Crippen molar-refractivity contribution in [2.45, 2.75) is 0 Å². The molecule has 1 N–H and O–H groups in total. The van der Waals surface area contributed by atoms with Crippen LogP contribution < -0.4 is 0 Å². The first-order valence-corrected chi connectivity index (χ1v) is 3.58. The first-order valence-electron chi connectivity index (χ1n) is 3.58. The van der Waals surface area contributed by atoms with Crippen LogP contribution in [0.25, 0.3) is 10.9 Å². The van der Waals surface area contributed by atoms with E-state index in [0.29, 0.717) is 16.6 Å². The zero-order valence-corrected chi connectivity index (χ0v) is 6.44. The number of hydrogen-bond donors (Lipinski definition) is 1. The lowest BCUT2D eigenvalue weighted by molar-refractivity contribution is 0.511. The zero-order valence-electron chi connectivity index (χ0n) is 6.44. The van der Waals surface area contributed by atoms with Crippen molar-refractivity contribution in [1.29, 1.82) is 5.26 Å². The number of aromatic nitrogens is 1. The third-order valence-electron chi connectivity index (χ3n) is 1.78. The summed E-state index contributed by atoms with van der Waals surface area (Å²) in [7, 11) is 0. The van der Waals surface area contributed by atoms with E-state index in [1.165, 1.54) is 6.07 Å². The largest absolute Gasteiger partial charge is 0.346 e. The van der Waals surface area contributed by atoms with Crippen LogP contribution in [0.15, 0.2) is 18.2 Å². The highest BCUT2D eigenvalue weighted by atomic mass is 19.2. The van der Waals surface area contributed by atoms with Gasteiger partial charge >= 0.3 is 0 Å². The summed E-state index contributed by atoms with van der Waals surface area (Å²) >= 11 is 0. The second-order valence-electron chi connectivity index (χ2n) is 2.65. The second-order valence-corrected chi connectivity index (χ2v) is 2.65. The SMILES string of the molecule is N#Cc1cc2cc(F)c(F)cc2[nH]1. The molecule has 0 radical (unpaired) electrons. The Kier molecular flexibility index (Phi) is 1.52. The Morgan fingerprint density at radius 2 is 1.85 bits per heavy atom. The molecule has 0 aliphatic heterocycles. The quantitative estimate of drug-likeness (QED) is 0.660. The van der Waals surface area contributed by atoms with Crippen LogP contribution in [0.3, 0.4) is 0 Å². The normalized spacial score (nSPS) is 10.2. The summed E-state index contributed by atoms with van der Waals surface area (Å²) in [5.74, 6) is -1.82. The molecular formula is C9H4F2N2. The maximum absolute atomic E-state index is 12.7. The van der Waals surface area contributed by atoms with Gasteiger partial charge in [-0.15, -0.1) is 0 Å². The molecule has 0 aliphatic rings. The number of nitrogens with zero attached hydrogens (tertiary/aromatic N) is 1. The van der Waals surface area contributed by atoms with Crippen molar-refractivity contribution < 1.29 is 8.78 Å². The lowest BCUT2D eigenvalue weighted by atomic mass is 10.2. The van der Waals surface area contributed by atoms with E-state index in [9.17, 15) is 8.78 Å². The molecule has 64 valence electrons. The van der Waals surface area contributed by atoms with Crippen LogP contribution in [0.2, 0.25) is 0 Å². The van der Waals surface area contributed by atoms with E-state index in [0.717, 1.165) is 12.1 Å². The van der Waals surface area contributed by atoms with Gasteiger partial charge in [0.15, 0.2) is 11.6 Å². The fourth-order valence-corrected chi connectivity index (χ4v) is 1.19. The molecule has 2 nitrogen and oxygen atoms in total. The third kappa shape index (κ3) is 1.14. The Labute approximate surface area is 72.4 Å². The van der Waals surface area contributed by atoms with Crippen LogP contribution in [-0.2, 0) is 0 Å². The molecule has 0 aliphatic carbocycles. The fraction of sp³-hybridized carbons (Fsp3) is 0. The highest BCUT2D eigenvalue weighted by molar-refractivity contribution is 5.81. The van der Waals surface area contributed by atoms with Crippen LogP contribution in [0.1, 0.15) is 5.69 Å². The molecule has 4 heteroatoms. The first kappa shape index (κ1) is 7.74. The molecule has 2 rings (SSSR count). The molecule has 13 heavy (non-hydrogen) atoms. The highest BCUT2D eigenvalue weighted by Gasteiger charge is 2.06. The van der Waals surface area contributed by atoms with Crippen LogP contribution in [0, 0.1) is 23.0 Å². The smallest absolute Gasteiger partial charge is 0.160 e. The molecule has 0 amide bonds. The van der Waals surface area contributed by atoms with Crippen molar-refractivity contribution in [3.8, 4) is 6.07 Å². The fourth-order valence-electron chi connectivity index (χ4n) is 1.19. The number of nitriles is 1. The van der Waals surface area contributed by atoms with Gasteiger partial charge in [-0.25, -0.2) is 8.78 Å². The molecule has 0 spiro atoms. The number of aromatic amines is 1. The monoisotopic (exact) mass is 178 g/mol. The minimum atomic E-state index is -0.918. The van der Waals surface area contributed by atoms with Crippen molar-refractivity contribution in [3.63, 3.8) is 0 Å². The molecule has 0 saturated carbocycles. The summed E-state index contributed by atoms with van der Waals surface area (Å²) in [6.45, 7) is 0. The lowest BCUT2D eigenvalue weighted by Crippen LogP contribution is -1.81. The summed E-state index contributed by atoms with van der Waals surface area (Å²) in [6, 6.07) is 5.42. The van der Waals surface area contributed by atoms with Crippen molar-refractivity contribution in [3.05, 3.63) is 35.5 Å². The second kappa shape index (κ2) is 2.56. The average molecular weight is 178 g/mol. The summed E-state index contributed by atoms with van der Waals surface area (Å²) in [5.41, 5.74) is 0.718. The van der Waals surface area contributed by atoms with Gasteiger partial charge in [-0.05, 0) is 12.1 Å². The van der Waals surface area contributed by atoms with Gasteiger partial charge in [-0.1, -0.05) is 0 Å². The van der Waals surface area contributed by atoms with E-state index >= 15 is 0 Å². The number of fused-ring (bicyclic) bond motifs is 1. The molecule has 0 unspecified atom stereocenters. The van der Waals surface area contributed by atoms with Gasteiger partial charge < -0.3 is 4.98 Å². The number of H-pyrrole nitrogens is 1. The summed E-state index contributed by atoms with van der Waals surface area (Å²) in [4.78, 5) is 2.65. The van der Waals surface area contributed by atoms with Crippen LogP contribution in [0.5, 0.6) is 0 Å². The maximum atomic E-state index is 12.7. The summed E-state index contributed by atoms with van der Waals surface area (Å²) in [5, 5.41) is 9.00. The predicted molar refractivity (Wildman–Crippen MR) is 42.9 cm³/mol. The van der Waals surface area contributed by atoms with Crippen molar-refractivity contribution in [1.82, 2.24) is 4.98 Å². The summed E-state index contributed by atoms with van der Waals surface area (Å²) < 4.78 is 25.4. The molecule has 0 atom stereocenters. The highest BCUT2D eigenvalue weighted by Crippen LogP contribution is 2.18. The standard InChI is InChI=1S/C9H4F2N2/c10-7-2-5-1-6(4-12)13-9(5)3-8(7)11/h1-3,13H. The van der Waals surface area contributed by atoms with Crippen LogP contribution in [0.4, 0.5) is 8.78 Å². The molecule has 2 aromatic rings. The van der Waals surface area contributed by atoms with Crippen molar-refractivity contribution in [2.75, 3.05) is 0 Å². The third-order valence-corrected chi connectivity index (χ3v) is 1.78. The number of rotatable bonds is 0. The predicted octanol–water partition coefficient (Wildman–Crippen LogP) is 2.32. The van der Waals surface area contributed by atoms with E-state index in [2.05, 4.69) is 4.98 Å². The molecule has 1 aromatic heterocycles. The molecule has 0 fully saturated rings. The maximum Gasteiger partial charge on any atom is 0.160 e. The molecule has 1 heterocycles. The average Bonchev–Trinajstić information content (AvgIpc) is 2.48. The van der Waals surface area contributed by atoms with Gasteiger partial charge in [0.2, 0.25) is 0 Å². The lowest BCUT2D eigenvalue weighted by Gasteiger charge is -1.91. The zero-order chi connectivity index (χ0) is 9.42.